The molecule has 6 heteroatoms. The fourth-order valence-corrected chi connectivity index (χ4v) is 3.44. The highest BCUT2D eigenvalue weighted by molar-refractivity contribution is 9.11. The number of carbonyl (C=O) groups excluding carboxylic acids is 1. The van der Waals surface area contributed by atoms with Crippen molar-refractivity contribution >= 4 is 45.6 Å². The Kier molecular flexibility index (Phi) is 6.87. The number of hydrogen-bond donors (Lipinski definition) is 1. The van der Waals surface area contributed by atoms with Crippen molar-refractivity contribution in [2.45, 2.75) is 19.5 Å². The van der Waals surface area contributed by atoms with E-state index in [-0.39, 0.29) is 18.3 Å². The molecule has 0 aliphatic carbocycles. The minimum Gasteiger partial charge on any atom is -0.339 e. The van der Waals surface area contributed by atoms with Crippen LogP contribution in [-0.4, -0.2) is 17.9 Å². The van der Waals surface area contributed by atoms with Crippen LogP contribution in [-0.2, 0) is 11.3 Å². The summed E-state index contributed by atoms with van der Waals surface area (Å²) in [6.45, 7) is 2.59. The van der Waals surface area contributed by atoms with Gasteiger partial charge in [0.1, 0.15) is 6.04 Å². The molecule has 1 amide bonds. The highest BCUT2D eigenvalue weighted by Gasteiger charge is 2.20. The molecule has 1 atom stereocenters. The quantitative estimate of drug-likeness (QED) is 0.862. The summed E-state index contributed by atoms with van der Waals surface area (Å²) in [6, 6.07) is 11.1. The fourth-order valence-electron chi connectivity index (χ4n) is 1.90. The molecule has 0 radical (unpaired) electrons. The minimum atomic E-state index is -0.607. The smallest absolute Gasteiger partial charge is 0.244 e. The van der Waals surface area contributed by atoms with Crippen LogP contribution in [0, 0.1) is 6.92 Å². The second-order valence-corrected chi connectivity index (χ2v) is 7.34. The Morgan fingerprint density at radius 2 is 1.90 bits per heavy atom. The number of nitrogens with zero attached hydrogens (tertiary/aromatic N) is 1. The summed E-state index contributed by atoms with van der Waals surface area (Å²) in [5.74, 6) is -0.0709. The largest absolute Gasteiger partial charge is 0.339 e. The molecule has 2 rings (SSSR count). The van der Waals surface area contributed by atoms with Gasteiger partial charge in [-0.2, -0.15) is 0 Å². The highest BCUT2D eigenvalue weighted by atomic mass is 79.9. The number of carbonyl (C=O) groups is 1. The summed E-state index contributed by atoms with van der Waals surface area (Å²) in [7, 11) is 1.78. The SMILES string of the molecule is Cc1ccc(C(N)C(=O)N(C)Cc2ccc(Br)s2)cc1.Cl. The zero-order valence-electron chi connectivity index (χ0n) is 11.9. The molecule has 0 bridgehead atoms. The van der Waals surface area contributed by atoms with E-state index < -0.39 is 6.04 Å². The predicted molar refractivity (Wildman–Crippen MR) is 93.8 cm³/mol. The Morgan fingerprint density at radius 3 is 2.43 bits per heavy atom. The van der Waals surface area contributed by atoms with Gasteiger partial charge in [-0.05, 0) is 40.5 Å². The molecular weight excluding hydrogens is 372 g/mol. The highest BCUT2D eigenvalue weighted by Crippen LogP contribution is 2.23. The van der Waals surface area contributed by atoms with Gasteiger partial charge in [0.05, 0.1) is 10.3 Å². The number of likely N-dealkylation sites (N-methyl/N-ethyl adjacent to an activating group) is 1. The van der Waals surface area contributed by atoms with Gasteiger partial charge in [0, 0.05) is 11.9 Å². The minimum absolute atomic E-state index is 0. The molecule has 1 unspecified atom stereocenters. The molecule has 1 aromatic carbocycles. The zero-order chi connectivity index (χ0) is 14.7. The second kappa shape index (κ2) is 7.94. The maximum atomic E-state index is 12.3. The molecule has 1 aromatic heterocycles. The Bertz CT molecular complexity index is 600. The molecule has 1 heterocycles. The third-order valence-electron chi connectivity index (χ3n) is 3.10. The number of thiophene rings is 1. The van der Waals surface area contributed by atoms with Crippen LogP contribution in [0.4, 0.5) is 0 Å². The lowest BCUT2D eigenvalue weighted by atomic mass is 10.0. The van der Waals surface area contributed by atoms with Crippen LogP contribution in [0.5, 0.6) is 0 Å². The van der Waals surface area contributed by atoms with Gasteiger partial charge in [-0.3, -0.25) is 4.79 Å². The van der Waals surface area contributed by atoms with E-state index in [1.807, 2.05) is 43.3 Å². The van der Waals surface area contributed by atoms with E-state index in [2.05, 4.69) is 15.9 Å². The Labute approximate surface area is 143 Å². The first-order chi connectivity index (χ1) is 9.47. The second-order valence-electron chi connectivity index (χ2n) is 4.79. The van der Waals surface area contributed by atoms with Crippen molar-refractivity contribution in [3.05, 3.63) is 56.2 Å². The summed E-state index contributed by atoms with van der Waals surface area (Å²) >= 11 is 5.05. The van der Waals surface area contributed by atoms with E-state index in [0.717, 1.165) is 19.8 Å². The predicted octanol–water partition coefficient (Wildman–Crippen LogP) is 3.90. The van der Waals surface area contributed by atoms with Crippen LogP contribution in [0.3, 0.4) is 0 Å². The summed E-state index contributed by atoms with van der Waals surface area (Å²) < 4.78 is 1.07. The summed E-state index contributed by atoms with van der Waals surface area (Å²) in [5.41, 5.74) is 8.06. The van der Waals surface area contributed by atoms with Crippen LogP contribution in [0.1, 0.15) is 22.0 Å². The van der Waals surface area contributed by atoms with E-state index in [9.17, 15) is 4.79 Å². The first kappa shape index (κ1) is 18.2. The van der Waals surface area contributed by atoms with Crippen LogP contribution < -0.4 is 5.73 Å². The van der Waals surface area contributed by atoms with Gasteiger partial charge >= 0.3 is 0 Å². The first-order valence-electron chi connectivity index (χ1n) is 6.28. The standard InChI is InChI=1S/C15H17BrN2OS.ClH/c1-10-3-5-11(6-4-10)14(17)15(19)18(2)9-12-7-8-13(16)20-12;/h3-8,14H,9,17H2,1-2H3;1H. The number of hydrogen-bond acceptors (Lipinski definition) is 3. The number of nitrogens with two attached hydrogens (primary N) is 1. The molecule has 114 valence electrons. The maximum Gasteiger partial charge on any atom is 0.244 e. The lowest BCUT2D eigenvalue weighted by Crippen LogP contribution is -2.35. The maximum absolute atomic E-state index is 12.3. The van der Waals surface area contributed by atoms with Gasteiger partial charge in [0.2, 0.25) is 5.91 Å². The van der Waals surface area contributed by atoms with Gasteiger partial charge in [-0.15, -0.1) is 23.7 Å². The average Bonchev–Trinajstić information content (AvgIpc) is 2.83. The van der Waals surface area contributed by atoms with Crippen molar-refractivity contribution in [1.29, 1.82) is 0 Å². The number of halogens is 2. The molecular formula is C15H18BrClN2OS. The third-order valence-corrected chi connectivity index (χ3v) is 4.71. The molecule has 21 heavy (non-hydrogen) atoms. The van der Waals surface area contributed by atoms with E-state index in [4.69, 9.17) is 5.73 Å². The van der Waals surface area contributed by atoms with Crippen molar-refractivity contribution in [1.82, 2.24) is 4.90 Å². The number of aryl methyl sites for hydroxylation is 1. The van der Waals surface area contributed by atoms with Crippen LogP contribution in [0.15, 0.2) is 40.2 Å². The van der Waals surface area contributed by atoms with Gasteiger partial charge in [-0.1, -0.05) is 29.8 Å². The normalized spacial score (nSPS) is 11.6. The fraction of sp³-hybridized carbons (Fsp3) is 0.267. The van der Waals surface area contributed by atoms with Crippen molar-refractivity contribution < 1.29 is 4.79 Å². The van der Waals surface area contributed by atoms with Crippen molar-refractivity contribution in [3.63, 3.8) is 0 Å². The van der Waals surface area contributed by atoms with E-state index in [1.165, 1.54) is 0 Å². The summed E-state index contributed by atoms with van der Waals surface area (Å²) in [4.78, 5) is 15.1. The Hall–Kier alpha value is -0.880. The van der Waals surface area contributed by atoms with E-state index >= 15 is 0 Å². The first-order valence-corrected chi connectivity index (χ1v) is 7.89. The monoisotopic (exact) mass is 388 g/mol. The zero-order valence-corrected chi connectivity index (χ0v) is 15.1. The lowest BCUT2D eigenvalue weighted by molar-refractivity contribution is -0.131. The van der Waals surface area contributed by atoms with Crippen LogP contribution >= 0.6 is 39.7 Å². The van der Waals surface area contributed by atoms with Gasteiger partial charge < -0.3 is 10.6 Å². The number of benzene rings is 1. The molecule has 0 aliphatic rings. The van der Waals surface area contributed by atoms with Crippen molar-refractivity contribution in [2.75, 3.05) is 7.05 Å². The summed E-state index contributed by atoms with van der Waals surface area (Å²) in [5, 5.41) is 0. The topological polar surface area (TPSA) is 46.3 Å². The Balaban J connectivity index is 0.00000220. The number of amides is 1. The molecule has 0 saturated heterocycles. The van der Waals surface area contributed by atoms with E-state index in [0.29, 0.717) is 6.54 Å². The molecule has 0 saturated carbocycles. The molecule has 2 N–H and O–H groups in total. The van der Waals surface area contributed by atoms with Crippen LogP contribution in [0.2, 0.25) is 0 Å². The van der Waals surface area contributed by atoms with Gasteiger partial charge in [-0.25, -0.2) is 0 Å². The molecule has 0 spiro atoms. The van der Waals surface area contributed by atoms with Crippen molar-refractivity contribution in [3.8, 4) is 0 Å². The third kappa shape index (κ3) is 4.81. The summed E-state index contributed by atoms with van der Waals surface area (Å²) in [6.07, 6.45) is 0. The lowest BCUT2D eigenvalue weighted by Gasteiger charge is -2.21. The average molecular weight is 390 g/mol. The number of rotatable bonds is 4. The van der Waals surface area contributed by atoms with E-state index in [1.54, 1.807) is 23.3 Å². The molecule has 2 aromatic rings. The molecule has 0 aliphatic heterocycles. The molecule has 0 fully saturated rings. The van der Waals surface area contributed by atoms with Crippen LogP contribution in [0.25, 0.3) is 0 Å². The molecule has 3 nitrogen and oxygen atoms in total. The van der Waals surface area contributed by atoms with Gasteiger partial charge in [0.15, 0.2) is 0 Å². The van der Waals surface area contributed by atoms with Gasteiger partial charge in [0.25, 0.3) is 0 Å². The Morgan fingerprint density at radius 1 is 1.29 bits per heavy atom. The van der Waals surface area contributed by atoms with Crippen molar-refractivity contribution in [2.24, 2.45) is 5.73 Å².